The molecule has 476 valence electrons. The van der Waals surface area contributed by atoms with Crippen LogP contribution in [0.1, 0.15) is 393 Å². The highest BCUT2D eigenvalue weighted by molar-refractivity contribution is 5.76. The first-order valence-electron chi connectivity index (χ1n) is 36.4. The SMILES string of the molecule is CCCCCCC/C=C\CCCCCCCC(=O)OCCCCCCCCCCC/C=C\C/C=C\CCCCCCCCCCCCCC(=O)NC(CO)C(O)/C=C/CCCCCCCCCCCCCCCCCCCCCCC. The van der Waals surface area contributed by atoms with Crippen molar-refractivity contribution in [3.63, 3.8) is 0 Å². The molecule has 3 N–H and O–H groups in total. The lowest BCUT2D eigenvalue weighted by molar-refractivity contribution is -0.143. The van der Waals surface area contributed by atoms with E-state index >= 15 is 0 Å². The zero-order valence-corrected chi connectivity index (χ0v) is 54.5. The number of esters is 1. The summed E-state index contributed by atoms with van der Waals surface area (Å²) < 4.78 is 5.48. The molecule has 0 aromatic carbocycles. The van der Waals surface area contributed by atoms with Gasteiger partial charge < -0.3 is 20.3 Å². The van der Waals surface area contributed by atoms with E-state index in [1.807, 2.05) is 6.08 Å². The normalized spacial score (nSPS) is 12.8. The molecule has 0 rings (SSSR count). The maximum Gasteiger partial charge on any atom is 0.305 e. The van der Waals surface area contributed by atoms with Gasteiger partial charge in [0, 0.05) is 12.8 Å². The van der Waals surface area contributed by atoms with E-state index in [-0.39, 0.29) is 18.5 Å². The van der Waals surface area contributed by atoms with Gasteiger partial charge in [0.05, 0.1) is 25.4 Å². The van der Waals surface area contributed by atoms with Gasteiger partial charge in [0.2, 0.25) is 5.91 Å². The fourth-order valence-electron chi connectivity index (χ4n) is 11.3. The van der Waals surface area contributed by atoms with Crippen molar-refractivity contribution in [1.29, 1.82) is 0 Å². The standard InChI is InChI=1S/C75H141NO5/c1-3-5-7-9-11-13-15-17-19-20-21-22-28-31-34-37-40-43-47-51-55-59-63-67-73(78)72(71-77)76-74(79)68-64-60-56-52-48-44-41-38-35-32-29-26-24-23-25-27-30-33-36-39-42-46-50-54-58-62-66-70-81-75(80)69-65-61-57-53-49-45-18-16-14-12-10-8-6-4-2/h16,18,23-24,27,30,63,67,72-73,77-78H,3-15,17,19-22,25-26,28-29,31-62,64-66,68-71H2,1-2H3,(H,76,79)/b18-16-,24-23-,30-27-,67-63+. The van der Waals surface area contributed by atoms with Gasteiger partial charge in [0.1, 0.15) is 0 Å². The average molecular weight is 1140 g/mol. The highest BCUT2D eigenvalue weighted by atomic mass is 16.5. The maximum atomic E-state index is 12.5. The number of rotatable bonds is 68. The molecule has 6 heteroatoms. The zero-order chi connectivity index (χ0) is 58.5. The van der Waals surface area contributed by atoms with E-state index in [9.17, 15) is 19.8 Å². The number of carbonyl (C=O) groups excluding carboxylic acids is 2. The van der Waals surface area contributed by atoms with Crippen molar-refractivity contribution in [2.45, 2.75) is 405 Å². The summed E-state index contributed by atoms with van der Waals surface area (Å²) in [4.78, 5) is 24.6. The summed E-state index contributed by atoms with van der Waals surface area (Å²) in [6.45, 7) is 4.92. The minimum absolute atomic E-state index is 0.00195. The molecule has 1 amide bonds. The van der Waals surface area contributed by atoms with Gasteiger partial charge in [0.25, 0.3) is 0 Å². The van der Waals surface area contributed by atoms with E-state index in [0.29, 0.717) is 19.4 Å². The molecule has 0 saturated heterocycles. The van der Waals surface area contributed by atoms with Crippen LogP contribution >= 0.6 is 0 Å². The molecule has 0 aromatic heterocycles. The predicted molar refractivity (Wildman–Crippen MR) is 356 cm³/mol. The van der Waals surface area contributed by atoms with E-state index in [2.05, 4.69) is 55.6 Å². The lowest BCUT2D eigenvalue weighted by atomic mass is 10.0. The van der Waals surface area contributed by atoms with Gasteiger partial charge in [-0.05, 0) is 89.9 Å². The molecule has 0 spiro atoms. The van der Waals surface area contributed by atoms with Gasteiger partial charge >= 0.3 is 5.97 Å². The van der Waals surface area contributed by atoms with Gasteiger partial charge in [-0.25, -0.2) is 0 Å². The summed E-state index contributed by atoms with van der Waals surface area (Å²) in [6.07, 6.45) is 91.9. The second kappa shape index (κ2) is 70.3. The largest absolute Gasteiger partial charge is 0.466 e. The Morgan fingerprint density at radius 3 is 0.951 bits per heavy atom. The van der Waals surface area contributed by atoms with E-state index in [1.54, 1.807) is 6.08 Å². The second-order valence-electron chi connectivity index (χ2n) is 24.9. The van der Waals surface area contributed by atoms with E-state index < -0.39 is 12.1 Å². The summed E-state index contributed by atoms with van der Waals surface area (Å²) in [7, 11) is 0. The molecule has 6 nitrogen and oxygen atoms in total. The van der Waals surface area contributed by atoms with Crippen LogP contribution in [0.25, 0.3) is 0 Å². The van der Waals surface area contributed by atoms with Crippen molar-refractivity contribution >= 4 is 11.9 Å². The zero-order valence-electron chi connectivity index (χ0n) is 54.5. The van der Waals surface area contributed by atoms with Crippen LogP contribution in [0.5, 0.6) is 0 Å². The fraction of sp³-hybridized carbons (Fsp3) is 0.867. The third kappa shape index (κ3) is 66.8. The predicted octanol–water partition coefficient (Wildman–Crippen LogP) is 23.6. The highest BCUT2D eigenvalue weighted by Gasteiger charge is 2.18. The van der Waals surface area contributed by atoms with Crippen LogP contribution in [0.4, 0.5) is 0 Å². The number of ether oxygens (including phenoxy) is 1. The molecule has 0 aromatic rings. The molecule has 0 fully saturated rings. The van der Waals surface area contributed by atoms with Crippen molar-refractivity contribution in [2.24, 2.45) is 0 Å². The van der Waals surface area contributed by atoms with Gasteiger partial charge in [-0.2, -0.15) is 0 Å². The van der Waals surface area contributed by atoms with Crippen molar-refractivity contribution < 1.29 is 24.5 Å². The molecule has 2 atom stereocenters. The number of hydrogen-bond acceptors (Lipinski definition) is 5. The summed E-state index contributed by atoms with van der Waals surface area (Å²) in [5.41, 5.74) is 0. The summed E-state index contributed by atoms with van der Waals surface area (Å²) in [5, 5.41) is 23.3. The third-order valence-corrected chi connectivity index (χ3v) is 16.8. The number of aliphatic hydroxyl groups excluding tert-OH is 2. The third-order valence-electron chi connectivity index (χ3n) is 16.8. The lowest BCUT2D eigenvalue weighted by Crippen LogP contribution is -2.45. The number of amides is 1. The number of hydrogen-bond donors (Lipinski definition) is 3. The van der Waals surface area contributed by atoms with Crippen LogP contribution in [0.3, 0.4) is 0 Å². The Morgan fingerprint density at radius 1 is 0.346 bits per heavy atom. The monoisotopic (exact) mass is 1140 g/mol. The smallest absolute Gasteiger partial charge is 0.305 e. The Kier molecular flexibility index (Phi) is 68.4. The van der Waals surface area contributed by atoms with E-state index in [4.69, 9.17) is 4.74 Å². The molecular formula is C75H141NO5. The minimum Gasteiger partial charge on any atom is -0.466 e. The minimum atomic E-state index is -0.849. The van der Waals surface area contributed by atoms with Gasteiger partial charge in [-0.15, -0.1) is 0 Å². The summed E-state index contributed by atoms with van der Waals surface area (Å²) in [6, 6.07) is -0.633. The van der Waals surface area contributed by atoms with Crippen LogP contribution in [0.15, 0.2) is 48.6 Å². The molecule has 0 heterocycles. The summed E-state index contributed by atoms with van der Waals surface area (Å²) >= 11 is 0. The van der Waals surface area contributed by atoms with Gasteiger partial charge in [-0.1, -0.05) is 339 Å². The number of carbonyl (C=O) groups is 2. The Bertz CT molecular complexity index is 1360. The van der Waals surface area contributed by atoms with Crippen LogP contribution in [0.2, 0.25) is 0 Å². The first-order valence-corrected chi connectivity index (χ1v) is 36.4. The van der Waals surface area contributed by atoms with Gasteiger partial charge in [-0.3, -0.25) is 9.59 Å². The van der Waals surface area contributed by atoms with Crippen LogP contribution < -0.4 is 5.32 Å². The number of allylic oxidation sites excluding steroid dienone is 7. The van der Waals surface area contributed by atoms with Crippen LogP contribution in [-0.2, 0) is 14.3 Å². The highest BCUT2D eigenvalue weighted by Crippen LogP contribution is 2.18. The second-order valence-corrected chi connectivity index (χ2v) is 24.9. The molecule has 0 radical (unpaired) electrons. The fourth-order valence-corrected chi connectivity index (χ4v) is 11.3. The van der Waals surface area contributed by atoms with Crippen molar-refractivity contribution in [3.05, 3.63) is 48.6 Å². The first-order chi connectivity index (χ1) is 40.0. The van der Waals surface area contributed by atoms with Crippen molar-refractivity contribution in [1.82, 2.24) is 5.32 Å². The van der Waals surface area contributed by atoms with Gasteiger partial charge in [0.15, 0.2) is 0 Å². The maximum absolute atomic E-state index is 12.5. The summed E-state index contributed by atoms with van der Waals surface area (Å²) in [5.74, 6) is -0.0657. The molecule has 81 heavy (non-hydrogen) atoms. The van der Waals surface area contributed by atoms with E-state index in [0.717, 1.165) is 51.4 Å². The van der Waals surface area contributed by atoms with Crippen LogP contribution in [0, 0.1) is 0 Å². The van der Waals surface area contributed by atoms with E-state index in [1.165, 1.54) is 315 Å². The van der Waals surface area contributed by atoms with Crippen LogP contribution in [-0.4, -0.2) is 47.4 Å². The Balaban J connectivity index is 3.45. The Hall–Kier alpha value is -2.18. The first kappa shape index (κ1) is 78.8. The number of unbranched alkanes of at least 4 members (excludes halogenated alkanes) is 51. The quantitative estimate of drug-likeness (QED) is 0.0320. The molecular weight excluding hydrogens is 995 g/mol. The Labute approximate surface area is 506 Å². The molecule has 2 unspecified atom stereocenters. The lowest BCUT2D eigenvalue weighted by Gasteiger charge is -2.20. The van der Waals surface area contributed by atoms with Crippen molar-refractivity contribution in [3.8, 4) is 0 Å². The molecule has 0 aliphatic rings. The number of aliphatic hydroxyl groups is 2. The van der Waals surface area contributed by atoms with Crippen molar-refractivity contribution in [2.75, 3.05) is 13.2 Å². The molecule has 0 saturated carbocycles. The molecule has 0 aliphatic heterocycles. The topological polar surface area (TPSA) is 95.9 Å². The molecule has 0 aliphatic carbocycles. The molecule has 0 bridgehead atoms. The number of nitrogens with one attached hydrogen (secondary N) is 1. The average Bonchev–Trinajstić information content (AvgIpc) is 3.47. The Morgan fingerprint density at radius 2 is 0.617 bits per heavy atom.